The highest BCUT2D eigenvalue weighted by molar-refractivity contribution is 5.44. The molecule has 0 bridgehead atoms. The highest BCUT2D eigenvalue weighted by Gasteiger charge is 2.48. The smallest absolute Gasteiger partial charge is 0.0588 e. The summed E-state index contributed by atoms with van der Waals surface area (Å²) in [5.41, 5.74) is 8.36. The number of ether oxygens (including phenoxy) is 1. The van der Waals surface area contributed by atoms with E-state index >= 15 is 0 Å². The van der Waals surface area contributed by atoms with E-state index in [0.717, 1.165) is 18.9 Å². The summed E-state index contributed by atoms with van der Waals surface area (Å²) in [6, 6.07) is 8.35. The molecule has 2 aliphatic heterocycles. The Labute approximate surface area is 103 Å². The van der Waals surface area contributed by atoms with E-state index in [1.54, 1.807) is 0 Å². The molecule has 0 radical (unpaired) electrons. The maximum absolute atomic E-state index is 5.91. The molecular weight excluding hydrogens is 212 g/mol. The summed E-state index contributed by atoms with van der Waals surface area (Å²) < 4.78 is 5.52. The second-order valence-electron chi connectivity index (χ2n) is 5.52. The zero-order chi connectivity index (χ0) is 11.9. The minimum Gasteiger partial charge on any atom is -0.399 e. The highest BCUT2D eigenvalue weighted by atomic mass is 16.5. The van der Waals surface area contributed by atoms with Crippen molar-refractivity contribution in [2.45, 2.75) is 11.8 Å². The minimum atomic E-state index is 0.222. The Morgan fingerprint density at radius 2 is 2.24 bits per heavy atom. The summed E-state index contributed by atoms with van der Waals surface area (Å²) in [5.74, 6) is 0.711. The molecule has 2 N–H and O–H groups in total. The standard InChI is InChI=1S/C14H20N2O/c1-16-6-5-12(8-16)14(9-17-10-14)11-3-2-4-13(15)7-11/h2-4,7,12H,5-6,8-10,15H2,1H3. The lowest BCUT2D eigenvalue weighted by Gasteiger charge is -2.46. The van der Waals surface area contributed by atoms with Crippen molar-refractivity contribution in [1.29, 1.82) is 0 Å². The van der Waals surface area contributed by atoms with Crippen molar-refractivity contribution in [1.82, 2.24) is 4.90 Å². The van der Waals surface area contributed by atoms with E-state index in [9.17, 15) is 0 Å². The van der Waals surface area contributed by atoms with Gasteiger partial charge in [0.05, 0.1) is 13.2 Å². The number of nitrogen functional groups attached to an aromatic ring is 1. The summed E-state index contributed by atoms with van der Waals surface area (Å²) in [6.07, 6.45) is 1.27. The molecule has 17 heavy (non-hydrogen) atoms. The van der Waals surface area contributed by atoms with Gasteiger partial charge in [0, 0.05) is 17.6 Å². The Morgan fingerprint density at radius 1 is 1.41 bits per heavy atom. The Morgan fingerprint density at radius 3 is 2.76 bits per heavy atom. The average molecular weight is 232 g/mol. The monoisotopic (exact) mass is 232 g/mol. The van der Waals surface area contributed by atoms with Gasteiger partial charge in [-0.05, 0) is 43.6 Å². The van der Waals surface area contributed by atoms with Crippen LogP contribution < -0.4 is 5.73 Å². The van der Waals surface area contributed by atoms with Crippen molar-refractivity contribution in [3.8, 4) is 0 Å². The lowest BCUT2D eigenvalue weighted by molar-refractivity contribution is -0.0882. The summed E-state index contributed by atoms with van der Waals surface area (Å²) in [7, 11) is 2.20. The topological polar surface area (TPSA) is 38.5 Å². The molecule has 2 saturated heterocycles. The zero-order valence-electron chi connectivity index (χ0n) is 10.4. The quantitative estimate of drug-likeness (QED) is 0.785. The Bertz CT molecular complexity index is 414. The number of benzene rings is 1. The molecule has 0 aromatic heterocycles. The first-order valence-electron chi connectivity index (χ1n) is 6.33. The molecule has 1 aromatic rings. The molecule has 1 atom stereocenters. The number of anilines is 1. The van der Waals surface area contributed by atoms with Crippen molar-refractivity contribution in [2.75, 3.05) is 39.1 Å². The number of nitrogens with two attached hydrogens (primary N) is 1. The molecule has 92 valence electrons. The van der Waals surface area contributed by atoms with E-state index in [1.807, 2.05) is 6.07 Å². The summed E-state index contributed by atoms with van der Waals surface area (Å²) in [6.45, 7) is 4.09. The molecule has 0 spiro atoms. The normalized spacial score (nSPS) is 27.9. The second-order valence-corrected chi connectivity index (χ2v) is 5.52. The molecular formula is C14H20N2O. The molecule has 2 aliphatic rings. The van der Waals surface area contributed by atoms with Crippen molar-refractivity contribution in [2.24, 2.45) is 5.92 Å². The number of rotatable bonds is 2. The van der Waals surface area contributed by atoms with Gasteiger partial charge in [-0.25, -0.2) is 0 Å². The molecule has 3 nitrogen and oxygen atoms in total. The van der Waals surface area contributed by atoms with Crippen molar-refractivity contribution in [3.05, 3.63) is 29.8 Å². The molecule has 0 aliphatic carbocycles. The van der Waals surface area contributed by atoms with Crippen LogP contribution in [0, 0.1) is 5.92 Å². The lowest BCUT2D eigenvalue weighted by Crippen LogP contribution is -2.53. The van der Waals surface area contributed by atoms with Gasteiger partial charge in [-0.15, -0.1) is 0 Å². The van der Waals surface area contributed by atoms with E-state index < -0.39 is 0 Å². The van der Waals surface area contributed by atoms with E-state index in [-0.39, 0.29) is 5.41 Å². The predicted octanol–water partition coefficient (Wildman–Crippen LogP) is 1.49. The largest absolute Gasteiger partial charge is 0.399 e. The second kappa shape index (κ2) is 4.00. The van der Waals surface area contributed by atoms with Crippen LogP contribution in [0.15, 0.2) is 24.3 Å². The molecule has 3 rings (SSSR count). The van der Waals surface area contributed by atoms with Gasteiger partial charge in [-0.1, -0.05) is 12.1 Å². The van der Waals surface area contributed by atoms with Gasteiger partial charge in [0.25, 0.3) is 0 Å². The fourth-order valence-corrected chi connectivity index (χ4v) is 3.19. The van der Waals surface area contributed by atoms with Crippen LogP contribution in [0.2, 0.25) is 0 Å². The van der Waals surface area contributed by atoms with Crippen LogP contribution in [-0.4, -0.2) is 38.3 Å². The third-order valence-electron chi connectivity index (χ3n) is 4.35. The minimum absolute atomic E-state index is 0.222. The fraction of sp³-hybridized carbons (Fsp3) is 0.571. The Kier molecular flexibility index (Phi) is 2.60. The van der Waals surface area contributed by atoms with E-state index in [1.165, 1.54) is 25.1 Å². The van der Waals surface area contributed by atoms with Gasteiger partial charge in [-0.3, -0.25) is 0 Å². The Hall–Kier alpha value is -1.06. The number of hydrogen-bond acceptors (Lipinski definition) is 3. The van der Waals surface area contributed by atoms with Crippen molar-refractivity contribution < 1.29 is 4.74 Å². The van der Waals surface area contributed by atoms with Crippen LogP contribution in [-0.2, 0) is 10.2 Å². The van der Waals surface area contributed by atoms with Crippen LogP contribution in [0.25, 0.3) is 0 Å². The van der Waals surface area contributed by atoms with Gasteiger partial charge in [0.15, 0.2) is 0 Å². The van der Waals surface area contributed by atoms with Crippen molar-refractivity contribution >= 4 is 5.69 Å². The van der Waals surface area contributed by atoms with Gasteiger partial charge < -0.3 is 15.4 Å². The van der Waals surface area contributed by atoms with Gasteiger partial charge in [-0.2, -0.15) is 0 Å². The molecule has 2 heterocycles. The maximum atomic E-state index is 5.91. The van der Waals surface area contributed by atoms with Crippen LogP contribution in [0.3, 0.4) is 0 Å². The van der Waals surface area contributed by atoms with Gasteiger partial charge in [0.2, 0.25) is 0 Å². The Balaban J connectivity index is 1.91. The van der Waals surface area contributed by atoms with E-state index in [2.05, 4.69) is 30.1 Å². The number of nitrogens with zero attached hydrogens (tertiary/aromatic N) is 1. The first-order chi connectivity index (χ1) is 8.21. The SMILES string of the molecule is CN1CCC(C2(c3cccc(N)c3)COC2)C1. The number of hydrogen-bond donors (Lipinski definition) is 1. The third kappa shape index (κ3) is 1.74. The molecule has 1 unspecified atom stereocenters. The summed E-state index contributed by atoms with van der Waals surface area (Å²) in [5, 5.41) is 0. The lowest BCUT2D eigenvalue weighted by atomic mass is 9.68. The van der Waals surface area contributed by atoms with E-state index in [0.29, 0.717) is 5.92 Å². The predicted molar refractivity (Wildman–Crippen MR) is 69.0 cm³/mol. The van der Waals surface area contributed by atoms with Crippen LogP contribution in [0.4, 0.5) is 5.69 Å². The molecule has 0 saturated carbocycles. The first-order valence-corrected chi connectivity index (χ1v) is 6.33. The van der Waals surface area contributed by atoms with Gasteiger partial charge in [0.1, 0.15) is 0 Å². The zero-order valence-corrected chi connectivity index (χ0v) is 10.4. The van der Waals surface area contributed by atoms with Crippen molar-refractivity contribution in [3.63, 3.8) is 0 Å². The highest BCUT2D eigenvalue weighted by Crippen LogP contribution is 2.43. The number of likely N-dealkylation sites (tertiary alicyclic amines) is 1. The summed E-state index contributed by atoms with van der Waals surface area (Å²) >= 11 is 0. The fourth-order valence-electron chi connectivity index (χ4n) is 3.19. The average Bonchev–Trinajstić information content (AvgIpc) is 2.64. The molecule has 2 fully saturated rings. The maximum Gasteiger partial charge on any atom is 0.0588 e. The van der Waals surface area contributed by atoms with Crippen LogP contribution in [0.5, 0.6) is 0 Å². The first kappa shape index (κ1) is 11.1. The summed E-state index contributed by atoms with van der Waals surface area (Å²) in [4.78, 5) is 2.41. The van der Waals surface area contributed by atoms with E-state index in [4.69, 9.17) is 10.5 Å². The molecule has 0 amide bonds. The van der Waals surface area contributed by atoms with Gasteiger partial charge >= 0.3 is 0 Å². The third-order valence-corrected chi connectivity index (χ3v) is 4.35. The van der Waals surface area contributed by atoms with Crippen LogP contribution in [0.1, 0.15) is 12.0 Å². The van der Waals surface area contributed by atoms with Crippen LogP contribution >= 0.6 is 0 Å². The molecule has 3 heteroatoms. The molecule has 1 aromatic carbocycles.